The Kier molecular flexibility index (Phi) is 9.68. The first-order valence-electron chi connectivity index (χ1n) is 16.1. The number of benzene rings is 3. The third kappa shape index (κ3) is 6.85. The highest BCUT2D eigenvalue weighted by Gasteiger charge is 2.29. The topological polar surface area (TPSA) is 89.3 Å². The summed E-state index contributed by atoms with van der Waals surface area (Å²) in [5.74, 6) is 1.73. The molecule has 1 aromatic heterocycles. The number of morpholine rings is 1. The summed E-state index contributed by atoms with van der Waals surface area (Å²) in [5, 5.41) is 9.80. The second-order valence-corrected chi connectivity index (χ2v) is 12.1. The van der Waals surface area contributed by atoms with Crippen molar-refractivity contribution in [1.82, 2.24) is 19.4 Å². The Bertz CT molecular complexity index is 1640. The number of likely N-dealkylation sites (tertiary alicyclic amines) is 1. The van der Waals surface area contributed by atoms with Gasteiger partial charge in [-0.15, -0.1) is 0 Å². The van der Waals surface area contributed by atoms with Crippen LogP contribution in [0.1, 0.15) is 36.8 Å². The Morgan fingerprint density at radius 3 is 2.64 bits per heavy atom. The maximum atomic E-state index is 11.9. The molecular formula is C36H44N4O5. The molecule has 6 rings (SSSR count). The molecule has 3 aromatic carbocycles. The van der Waals surface area contributed by atoms with Crippen molar-refractivity contribution >= 4 is 17.0 Å². The minimum absolute atomic E-state index is 0.467. The Balaban J connectivity index is 1.23. The van der Waals surface area contributed by atoms with Crippen LogP contribution in [0, 0.1) is 6.92 Å². The summed E-state index contributed by atoms with van der Waals surface area (Å²) < 4.78 is 19.5. The lowest BCUT2D eigenvalue weighted by Gasteiger charge is -2.33. The molecule has 0 bridgehead atoms. The van der Waals surface area contributed by atoms with Gasteiger partial charge in [0.05, 0.1) is 38.0 Å². The lowest BCUT2D eigenvalue weighted by molar-refractivity contribution is -0.144. The van der Waals surface area contributed by atoms with E-state index in [1.54, 1.807) is 7.11 Å². The number of rotatable bonds is 11. The summed E-state index contributed by atoms with van der Waals surface area (Å²) in [5.41, 5.74) is 7.26. The van der Waals surface area contributed by atoms with Crippen molar-refractivity contribution < 1.29 is 24.1 Å². The van der Waals surface area contributed by atoms with Crippen molar-refractivity contribution in [1.29, 1.82) is 0 Å². The van der Waals surface area contributed by atoms with E-state index in [1.807, 2.05) is 19.2 Å². The van der Waals surface area contributed by atoms with E-state index in [2.05, 4.69) is 63.8 Å². The average molecular weight is 613 g/mol. The number of imidazole rings is 1. The van der Waals surface area contributed by atoms with Gasteiger partial charge < -0.3 is 23.9 Å². The minimum Gasteiger partial charge on any atom is -0.496 e. The molecule has 0 spiro atoms. The Morgan fingerprint density at radius 1 is 1.04 bits per heavy atom. The molecule has 1 N–H and O–H groups in total. The molecular weight excluding hydrogens is 568 g/mol. The fourth-order valence-corrected chi connectivity index (χ4v) is 6.74. The smallest absolute Gasteiger partial charge is 0.320 e. The van der Waals surface area contributed by atoms with Gasteiger partial charge >= 0.3 is 5.97 Å². The predicted molar refractivity (Wildman–Crippen MR) is 176 cm³/mol. The van der Waals surface area contributed by atoms with Crippen LogP contribution in [-0.4, -0.2) is 89.6 Å². The highest BCUT2D eigenvalue weighted by atomic mass is 16.5. The van der Waals surface area contributed by atoms with Gasteiger partial charge in [0.1, 0.15) is 23.4 Å². The summed E-state index contributed by atoms with van der Waals surface area (Å²) in [7, 11) is 3.70. The van der Waals surface area contributed by atoms with Crippen molar-refractivity contribution in [3.05, 3.63) is 65.7 Å². The number of carbonyl (C=O) groups is 1. The van der Waals surface area contributed by atoms with Crippen molar-refractivity contribution in [2.45, 2.75) is 45.2 Å². The summed E-state index contributed by atoms with van der Waals surface area (Å²) in [6.45, 7) is 8.77. The van der Waals surface area contributed by atoms with E-state index in [9.17, 15) is 9.90 Å². The number of ether oxygens (including phenoxy) is 3. The van der Waals surface area contributed by atoms with Gasteiger partial charge in [-0.2, -0.15) is 0 Å². The van der Waals surface area contributed by atoms with Crippen LogP contribution in [0.4, 0.5) is 0 Å². The van der Waals surface area contributed by atoms with E-state index >= 15 is 0 Å². The molecule has 0 radical (unpaired) electrons. The number of hydrogen-bond acceptors (Lipinski definition) is 7. The quantitative estimate of drug-likeness (QED) is 0.214. The molecule has 2 aliphatic rings. The van der Waals surface area contributed by atoms with Crippen molar-refractivity contribution in [2.24, 2.45) is 7.05 Å². The number of carboxylic acids is 1. The second-order valence-electron chi connectivity index (χ2n) is 12.1. The first-order valence-corrected chi connectivity index (χ1v) is 16.1. The van der Waals surface area contributed by atoms with Crippen LogP contribution in [0.5, 0.6) is 11.5 Å². The molecule has 3 heterocycles. The lowest BCUT2D eigenvalue weighted by Crippen LogP contribution is -2.44. The Hall–Kier alpha value is -3.92. The molecule has 238 valence electrons. The standard InChI is InChI=1S/C36H44N4O5/c1-25-29(26-9-6-10-28(21-26)45-18-8-14-39-16-19-44-20-17-39)11-7-12-30(25)35-37-31-23-34(43-3)27(22-33(31)38(35)2)24-40-15-5-4-13-32(40)36(41)42/h6-7,9-12,21-23,32H,4-5,8,13-20,24H2,1-3H3,(H,41,42). The number of aryl methyl sites for hydroxylation is 1. The van der Waals surface area contributed by atoms with Crippen LogP contribution < -0.4 is 9.47 Å². The molecule has 2 saturated heterocycles. The first kappa shape index (κ1) is 31.1. The number of fused-ring (bicyclic) bond motifs is 1. The molecule has 9 nitrogen and oxygen atoms in total. The van der Waals surface area contributed by atoms with Gasteiger partial charge in [0, 0.05) is 50.4 Å². The normalized spacial score (nSPS) is 17.9. The van der Waals surface area contributed by atoms with Gasteiger partial charge in [-0.05, 0) is 67.6 Å². The van der Waals surface area contributed by atoms with Crippen LogP contribution >= 0.6 is 0 Å². The van der Waals surface area contributed by atoms with E-state index in [0.29, 0.717) is 19.6 Å². The van der Waals surface area contributed by atoms with Crippen LogP contribution in [0.25, 0.3) is 33.5 Å². The SMILES string of the molecule is COc1cc2nc(-c3cccc(-c4cccc(OCCCN5CCOCC5)c4)c3C)n(C)c2cc1CN1CCCCC1C(=O)O. The predicted octanol–water partition coefficient (Wildman–Crippen LogP) is 5.76. The van der Waals surface area contributed by atoms with Gasteiger partial charge in [0.15, 0.2) is 0 Å². The van der Waals surface area contributed by atoms with Gasteiger partial charge in [0.2, 0.25) is 0 Å². The molecule has 4 aromatic rings. The highest BCUT2D eigenvalue weighted by Crippen LogP contribution is 2.36. The number of aromatic nitrogens is 2. The third-order valence-corrected chi connectivity index (χ3v) is 9.27. The van der Waals surface area contributed by atoms with E-state index in [-0.39, 0.29) is 0 Å². The van der Waals surface area contributed by atoms with E-state index < -0.39 is 12.0 Å². The van der Waals surface area contributed by atoms with E-state index in [1.165, 1.54) is 0 Å². The molecule has 1 unspecified atom stereocenters. The van der Waals surface area contributed by atoms with Gasteiger partial charge in [0.25, 0.3) is 0 Å². The van der Waals surface area contributed by atoms with Crippen molar-refractivity contribution in [3.63, 3.8) is 0 Å². The highest BCUT2D eigenvalue weighted by molar-refractivity contribution is 5.85. The van der Waals surface area contributed by atoms with Crippen LogP contribution in [0.15, 0.2) is 54.6 Å². The van der Waals surface area contributed by atoms with Crippen LogP contribution in [-0.2, 0) is 23.1 Å². The monoisotopic (exact) mass is 612 g/mol. The van der Waals surface area contributed by atoms with Crippen LogP contribution in [0.2, 0.25) is 0 Å². The molecule has 0 saturated carbocycles. The molecule has 45 heavy (non-hydrogen) atoms. The molecule has 1 atom stereocenters. The largest absolute Gasteiger partial charge is 0.496 e. The number of carboxylic acid groups (broad SMARTS) is 1. The zero-order valence-corrected chi connectivity index (χ0v) is 26.6. The third-order valence-electron chi connectivity index (χ3n) is 9.27. The fraction of sp³-hybridized carbons (Fsp3) is 0.444. The van der Waals surface area contributed by atoms with Crippen molar-refractivity contribution in [2.75, 3.05) is 53.1 Å². The summed E-state index contributed by atoms with van der Waals surface area (Å²) in [6, 6.07) is 18.3. The second kappa shape index (κ2) is 14.0. The Labute approximate surface area is 265 Å². The molecule has 0 amide bonds. The molecule has 9 heteroatoms. The first-order chi connectivity index (χ1) is 21.9. The number of methoxy groups -OCH3 is 1. The molecule has 2 aliphatic heterocycles. The average Bonchev–Trinajstić information content (AvgIpc) is 3.38. The lowest BCUT2D eigenvalue weighted by atomic mass is 9.96. The zero-order chi connectivity index (χ0) is 31.3. The van der Waals surface area contributed by atoms with Crippen molar-refractivity contribution in [3.8, 4) is 34.0 Å². The van der Waals surface area contributed by atoms with E-state index in [0.717, 1.165) is 115 Å². The van der Waals surface area contributed by atoms with Gasteiger partial charge in [-0.1, -0.05) is 36.8 Å². The minimum atomic E-state index is -0.756. The van der Waals surface area contributed by atoms with Crippen LogP contribution in [0.3, 0.4) is 0 Å². The Morgan fingerprint density at radius 2 is 1.84 bits per heavy atom. The fourth-order valence-electron chi connectivity index (χ4n) is 6.74. The van der Waals surface area contributed by atoms with Gasteiger partial charge in [-0.25, -0.2) is 4.98 Å². The maximum Gasteiger partial charge on any atom is 0.320 e. The summed E-state index contributed by atoms with van der Waals surface area (Å²) >= 11 is 0. The number of piperidine rings is 1. The number of hydrogen-bond donors (Lipinski definition) is 1. The van der Waals surface area contributed by atoms with Gasteiger partial charge in [-0.3, -0.25) is 14.6 Å². The summed E-state index contributed by atoms with van der Waals surface area (Å²) in [4.78, 5) is 21.5. The number of aliphatic carboxylic acids is 1. The molecule has 0 aliphatic carbocycles. The molecule has 2 fully saturated rings. The maximum absolute atomic E-state index is 11.9. The zero-order valence-electron chi connectivity index (χ0n) is 26.6. The summed E-state index contributed by atoms with van der Waals surface area (Å²) in [6.07, 6.45) is 3.61. The van der Waals surface area contributed by atoms with E-state index in [4.69, 9.17) is 19.2 Å². The number of nitrogens with zero attached hydrogens (tertiary/aromatic N) is 4.